The van der Waals surface area contributed by atoms with Gasteiger partial charge in [0.25, 0.3) is 0 Å². The average Bonchev–Trinajstić information content (AvgIpc) is 2.43. The lowest BCUT2D eigenvalue weighted by atomic mass is 9.79. The Kier molecular flexibility index (Phi) is 5.02. The number of hydrogen-bond acceptors (Lipinski definition) is 3. The first-order chi connectivity index (χ1) is 10.2. The van der Waals surface area contributed by atoms with Gasteiger partial charge in [-0.05, 0) is 49.9 Å². The first kappa shape index (κ1) is 17.1. The Bertz CT molecular complexity index is 669. The monoisotopic (exact) mass is 344 g/mol. The molecule has 0 radical (unpaired) electrons. The van der Waals surface area contributed by atoms with Crippen molar-refractivity contribution in [3.8, 4) is 0 Å². The molecule has 0 aliphatic heterocycles. The number of carbonyl (C=O) groups is 1. The van der Waals surface area contributed by atoms with Crippen molar-refractivity contribution in [2.24, 2.45) is 0 Å². The summed E-state index contributed by atoms with van der Waals surface area (Å²) in [7, 11) is -3.32. The Labute approximate surface area is 136 Å². The summed E-state index contributed by atoms with van der Waals surface area (Å²) in [6, 6.07) is 4.39. The van der Waals surface area contributed by atoms with E-state index in [1.807, 2.05) is 6.92 Å². The van der Waals surface area contributed by atoms with Gasteiger partial charge < -0.3 is 10.6 Å². The number of urea groups is 1. The molecule has 7 heteroatoms. The molecule has 1 aromatic carbocycles. The molecule has 2 amide bonds. The van der Waals surface area contributed by atoms with Gasteiger partial charge >= 0.3 is 6.03 Å². The van der Waals surface area contributed by atoms with Crippen molar-refractivity contribution in [1.82, 2.24) is 10.6 Å². The van der Waals surface area contributed by atoms with Crippen molar-refractivity contribution >= 4 is 27.5 Å². The highest BCUT2D eigenvalue weighted by Crippen LogP contribution is 2.30. The average molecular weight is 345 g/mol. The second-order valence-electron chi connectivity index (χ2n) is 5.92. The molecule has 0 aromatic heterocycles. The topological polar surface area (TPSA) is 75.3 Å². The van der Waals surface area contributed by atoms with E-state index >= 15 is 0 Å². The van der Waals surface area contributed by atoms with Crippen LogP contribution in [0.4, 0.5) is 4.79 Å². The minimum Gasteiger partial charge on any atom is -0.334 e. The first-order valence-corrected chi connectivity index (χ1v) is 9.35. The molecular weight excluding hydrogens is 324 g/mol. The lowest BCUT2D eigenvalue weighted by Crippen LogP contribution is -2.54. The molecule has 5 nitrogen and oxygen atoms in total. The van der Waals surface area contributed by atoms with Crippen LogP contribution in [0.25, 0.3) is 0 Å². The number of rotatable bonds is 5. The van der Waals surface area contributed by atoms with Crippen molar-refractivity contribution in [1.29, 1.82) is 0 Å². The maximum absolute atomic E-state index is 11.9. The molecule has 0 spiro atoms. The minimum atomic E-state index is -3.32. The molecule has 2 rings (SSSR count). The van der Waals surface area contributed by atoms with E-state index in [2.05, 4.69) is 10.6 Å². The maximum Gasteiger partial charge on any atom is 0.315 e. The Balaban J connectivity index is 2.02. The van der Waals surface area contributed by atoms with Crippen LogP contribution in [-0.4, -0.2) is 25.7 Å². The largest absolute Gasteiger partial charge is 0.334 e. The zero-order valence-electron chi connectivity index (χ0n) is 12.8. The molecular formula is C15H21ClN2O3S. The highest BCUT2D eigenvalue weighted by Gasteiger charge is 2.32. The molecule has 1 aliphatic rings. The molecule has 2 N–H and O–H groups in total. The van der Waals surface area contributed by atoms with Gasteiger partial charge in [-0.3, -0.25) is 0 Å². The van der Waals surface area contributed by atoms with E-state index < -0.39 is 9.84 Å². The zero-order valence-corrected chi connectivity index (χ0v) is 14.4. The highest BCUT2D eigenvalue weighted by molar-refractivity contribution is 7.91. The van der Waals surface area contributed by atoms with Crippen molar-refractivity contribution in [3.63, 3.8) is 0 Å². The maximum atomic E-state index is 11.9. The SMILES string of the molecule is CCS(=O)(=O)c1cc(Cl)cc(CNC(=O)NC2(C)CCC2)c1. The lowest BCUT2D eigenvalue weighted by molar-refractivity contribution is 0.191. The molecule has 0 saturated heterocycles. The number of amides is 2. The number of sulfone groups is 1. The molecule has 0 atom stereocenters. The summed E-state index contributed by atoms with van der Waals surface area (Å²) in [5, 5.41) is 6.02. The fraction of sp³-hybridized carbons (Fsp3) is 0.533. The third kappa shape index (κ3) is 4.14. The normalized spacial score (nSPS) is 16.7. The molecule has 0 heterocycles. The molecule has 0 unspecified atom stereocenters. The summed E-state index contributed by atoms with van der Waals surface area (Å²) in [5.41, 5.74) is 0.545. The summed E-state index contributed by atoms with van der Waals surface area (Å²) in [6.07, 6.45) is 3.09. The van der Waals surface area contributed by atoms with Crippen molar-refractivity contribution in [2.75, 3.05) is 5.75 Å². The predicted octanol–water partition coefficient (Wildman–Crippen LogP) is 2.88. The summed E-state index contributed by atoms with van der Waals surface area (Å²) in [6.45, 7) is 3.83. The van der Waals surface area contributed by atoms with E-state index in [4.69, 9.17) is 11.6 Å². The van der Waals surface area contributed by atoms with Gasteiger partial charge in [0.1, 0.15) is 0 Å². The number of carbonyl (C=O) groups excluding carboxylic acids is 1. The molecule has 1 aliphatic carbocycles. The lowest BCUT2D eigenvalue weighted by Gasteiger charge is -2.39. The van der Waals surface area contributed by atoms with E-state index in [-0.39, 0.29) is 28.8 Å². The summed E-state index contributed by atoms with van der Waals surface area (Å²) in [4.78, 5) is 12.1. The van der Waals surface area contributed by atoms with E-state index in [1.165, 1.54) is 6.07 Å². The predicted molar refractivity (Wildman–Crippen MR) is 86.8 cm³/mol. The smallest absolute Gasteiger partial charge is 0.315 e. The molecule has 122 valence electrons. The van der Waals surface area contributed by atoms with Gasteiger partial charge in [0.2, 0.25) is 0 Å². The molecule has 0 bridgehead atoms. The summed E-state index contributed by atoms with van der Waals surface area (Å²) in [5.74, 6) is 0.0129. The molecule has 1 saturated carbocycles. The molecule has 1 aromatic rings. The van der Waals surface area contributed by atoms with Crippen LogP contribution in [0.2, 0.25) is 5.02 Å². The number of nitrogens with one attached hydrogen (secondary N) is 2. The summed E-state index contributed by atoms with van der Waals surface area (Å²) >= 11 is 5.97. The second-order valence-corrected chi connectivity index (χ2v) is 8.64. The van der Waals surface area contributed by atoms with Crippen LogP contribution in [0.3, 0.4) is 0 Å². The standard InChI is InChI=1S/C15H21ClN2O3S/c1-3-22(20,21)13-8-11(7-12(16)9-13)10-17-14(19)18-15(2)5-4-6-15/h7-9H,3-6,10H2,1-2H3,(H2,17,18,19). The van der Waals surface area contributed by atoms with Gasteiger partial charge in [-0.25, -0.2) is 13.2 Å². The molecule has 1 fully saturated rings. The molecule has 22 heavy (non-hydrogen) atoms. The number of hydrogen-bond donors (Lipinski definition) is 2. The van der Waals surface area contributed by atoms with Gasteiger partial charge in [0, 0.05) is 17.1 Å². The summed E-state index contributed by atoms with van der Waals surface area (Å²) < 4.78 is 23.8. The van der Waals surface area contributed by atoms with E-state index in [9.17, 15) is 13.2 Å². The Hall–Kier alpha value is -1.27. The van der Waals surface area contributed by atoms with E-state index in [1.54, 1.807) is 19.1 Å². The van der Waals surface area contributed by atoms with Gasteiger partial charge in [-0.2, -0.15) is 0 Å². The van der Waals surface area contributed by atoms with Crippen LogP contribution >= 0.6 is 11.6 Å². The van der Waals surface area contributed by atoms with Crippen LogP contribution in [0.5, 0.6) is 0 Å². The Morgan fingerprint density at radius 1 is 1.32 bits per heavy atom. The highest BCUT2D eigenvalue weighted by atomic mass is 35.5. The number of benzene rings is 1. The third-order valence-corrected chi connectivity index (χ3v) is 5.93. The van der Waals surface area contributed by atoms with Crippen LogP contribution in [-0.2, 0) is 16.4 Å². The van der Waals surface area contributed by atoms with Crippen LogP contribution < -0.4 is 10.6 Å². The zero-order chi connectivity index (χ0) is 16.4. The van der Waals surface area contributed by atoms with Crippen molar-refractivity contribution < 1.29 is 13.2 Å². The first-order valence-electron chi connectivity index (χ1n) is 7.32. The van der Waals surface area contributed by atoms with Crippen LogP contribution in [0, 0.1) is 0 Å². The third-order valence-electron chi connectivity index (χ3n) is 4.00. The van der Waals surface area contributed by atoms with Gasteiger partial charge in [-0.1, -0.05) is 18.5 Å². The quantitative estimate of drug-likeness (QED) is 0.862. The van der Waals surface area contributed by atoms with E-state index in [0.29, 0.717) is 10.6 Å². The number of halogens is 1. The van der Waals surface area contributed by atoms with E-state index in [0.717, 1.165) is 19.3 Å². The van der Waals surface area contributed by atoms with Crippen LogP contribution in [0.15, 0.2) is 23.1 Å². The van der Waals surface area contributed by atoms with Gasteiger partial charge in [0.15, 0.2) is 9.84 Å². The minimum absolute atomic E-state index is 0.0129. The second kappa shape index (κ2) is 6.46. The van der Waals surface area contributed by atoms with Gasteiger partial charge in [0.05, 0.1) is 10.6 Å². The fourth-order valence-electron chi connectivity index (χ4n) is 2.40. The van der Waals surface area contributed by atoms with Gasteiger partial charge in [-0.15, -0.1) is 0 Å². The Morgan fingerprint density at radius 3 is 2.55 bits per heavy atom. The Morgan fingerprint density at radius 2 is 2.00 bits per heavy atom. The fourth-order valence-corrected chi connectivity index (χ4v) is 3.69. The van der Waals surface area contributed by atoms with Crippen molar-refractivity contribution in [3.05, 3.63) is 28.8 Å². The van der Waals surface area contributed by atoms with Crippen LogP contribution in [0.1, 0.15) is 38.7 Å². The van der Waals surface area contributed by atoms with Crippen molar-refractivity contribution in [2.45, 2.75) is 50.1 Å².